The first-order chi connectivity index (χ1) is 6.65. The van der Waals surface area contributed by atoms with Crippen LogP contribution in [0.4, 0.5) is 0 Å². The summed E-state index contributed by atoms with van der Waals surface area (Å²) in [7, 11) is 0. The molecular weight excluding hydrogens is 192 g/mol. The Labute approximate surface area is 91.6 Å². The van der Waals surface area contributed by atoms with Crippen LogP contribution in [0.5, 0.6) is 0 Å². The Bertz CT molecular complexity index is 311. The van der Waals surface area contributed by atoms with Crippen LogP contribution in [0.2, 0.25) is 0 Å². The second-order valence-corrected chi connectivity index (χ2v) is 3.98. The van der Waals surface area contributed by atoms with Gasteiger partial charge in [-0.3, -0.25) is 0 Å². The van der Waals surface area contributed by atoms with E-state index in [-0.39, 0.29) is 0 Å². The molecular formula is C13H17Cl. The van der Waals surface area contributed by atoms with E-state index >= 15 is 0 Å². The van der Waals surface area contributed by atoms with E-state index in [1.54, 1.807) is 0 Å². The molecule has 0 nitrogen and oxygen atoms in total. The summed E-state index contributed by atoms with van der Waals surface area (Å²) >= 11 is 5.83. The molecule has 0 amide bonds. The van der Waals surface area contributed by atoms with Crippen molar-refractivity contribution in [3.63, 3.8) is 0 Å². The Kier molecular flexibility index (Phi) is 4.21. The first-order valence-corrected chi connectivity index (χ1v) is 5.53. The molecule has 0 aromatic heterocycles. The summed E-state index contributed by atoms with van der Waals surface area (Å²) in [5.74, 6) is 0.628. The van der Waals surface area contributed by atoms with Gasteiger partial charge >= 0.3 is 0 Å². The van der Waals surface area contributed by atoms with Crippen molar-refractivity contribution in [1.29, 1.82) is 0 Å². The molecule has 0 unspecified atom stereocenters. The summed E-state index contributed by atoms with van der Waals surface area (Å²) in [5.41, 5.74) is 5.17. The molecule has 1 heteroatoms. The molecule has 1 aromatic rings. The highest BCUT2D eigenvalue weighted by atomic mass is 35.5. The number of aryl methyl sites for hydroxylation is 2. The average molecular weight is 209 g/mol. The number of allylic oxidation sites excluding steroid dienone is 1. The van der Waals surface area contributed by atoms with Crippen LogP contribution in [-0.4, -0.2) is 5.88 Å². The lowest BCUT2D eigenvalue weighted by Gasteiger charge is -2.03. The van der Waals surface area contributed by atoms with E-state index in [4.69, 9.17) is 11.6 Å². The molecule has 0 atom stereocenters. The van der Waals surface area contributed by atoms with E-state index in [2.05, 4.69) is 45.0 Å². The maximum Gasteiger partial charge on any atom is 0.0436 e. The third kappa shape index (κ3) is 3.19. The summed E-state index contributed by atoms with van der Waals surface area (Å²) in [4.78, 5) is 0. The SMILES string of the molecule is CC/C(=C/c1cc(C)cc(C)c1)CCl. The van der Waals surface area contributed by atoms with Crippen LogP contribution in [-0.2, 0) is 0 Å². The fraction of sp³-hybridized carbons (Fsp3) is 0.385. The Balaban J connectivity index is 3.01. The van der Waals surface area contributed by atoms with Crippen molar-refractivity contribution in [1.82, 2.24) is 0 Å². The van der Waals surface area contributed by atoms with Crippen molar-refractivity contribution < 1.29 is 0 Å². The Morgan fingerprint density at radius 2 is 1.79 bits per heavy atom. The van der Waals surface area contributed by atoms with Gasteiger partial charge in [-0.15, -0.1) is 11.6 Å². The predicted molar refractivity (Wildman–Crippen MR) is 64.9 cm³/mol. The molecule has 1 rings (SSSR count). The van der Waals surface area contributed by atoms with Gasteiger partial charge in [-0.05, 0) is 25.8 Å². The zero-order valence-electron chi connectivity index (χ0n) is 9.10. The molecule has 76 valence electrons. The van der Waals surface area contributed by atoms with Crippen LogP contribution in [0.3, 0.4) is 0 Å². The van der Waals surface area contributed by atoms with Crippen molar-refractivity contribution in [3.8, 4) is 0 Å². The Morgan fingerprint density at radius 1 is 1.21 bits per heavy atom. The van der Waals surface area contributed by atoms with Gasteiger partial charge in [0.1, 0.15) is 0 Å². The smallest absolute Gasteiger partial charge is 0.0436 e. The van der Waals surface area contributed by atoms with Gasteiger partial charge < -0.3 is 0 Å². The molecule has 0 fully saturated rings. The zero-order valence-corrected chi connectivity index (χ0v) is 9.86. The van der Waals surface area contributed by atoms with Gasteiger partial charge in [-0.1, -0.05) is 47.9 Å². The molecule has 0 saturated carbocycles. The van der Waals surface area contributed by atoms with Crippen LogP contribution in [0.15, 0.2) is 23.8 Å². The minimum Gasteiger partial charge on any atom is -0.122 e. The fourth-order valence-corrected chi connectivity index (χ4v) is 1.83. The largest absolute Gasteiger partial charge is 0.122 e. The van der Waals surface area contributed by atoms with Crippen molar-refractivity contribution >= 4 is 17.7 Å². The van der Waals surface area contributed by atoms with Crippen LogP contribution < -0.4 is 0 Å². The van der Waals surface area contributed by atoms with Crippen LogP contribution >= 0.6 is 11.6 Å². The van der Waals surface area contributed by atoms with E-state index in [9.17, 15) is 0 Å². The molecule has 0 N–H and O–H groups in total. The van der Waals surface area contributed by atoms with Crippen molar-refractivity contribution in [2.45, 2.75) is 27.2 Å². The van der Waals surface area contributed by atoms with E-state index in [1.807, 2.05) is 0 Å². The highest BCUT2D eigenvalue weighted by Gasteiger charge is 1.95. The minimum atomic E-state index is 0.628. The number of hydrogen-bond donors (Lipinski definition) is 0. The molecule has 0 heterocycles. The van der Waals surface area contributed by atoms with Crippen molar-refractivity contribution in [2.75, 3.05) is 5.88 Å². The Morgan fingerprint density at radius 3 is 2.21 bits per heavy atom. The van der Waals surface area contributed by atoms with Gasteiger partial charge in [0.05, 0.1) is 0 Å². The number of alkyl halides is 1. The summed E-state index contributed by atoms with van der Waals surface area (Å²) in [6.07, 6.45) is 3.21. The maximum absolute atomic E-state index is 5.83. The van der Waals surface area contributed by atoms with Crippen molar-refractivity contribution in [2.24, 2.45) is 0 Å². The topological polar surface area (TPSA) is 0 Å². The van der Waals surface area contributed by atoms with Gasteiger partial charge in [0.2, 0.25) is 0 Å². The van der Waals surface area contributed by atoms with Gasteiger partial charge in [-0.2, -0.15) is 0 Å². The quantitative estimate of drug-likeness (QED) is 0.649. The van der Waals surface area contributed by atoms with Gasteiger partial charge in [0.15, 0.2) is 0 Å². The van der Waals surface area contributed by atoms with E-state index < -0.39 is 0 Å². The van der Waals surface area contributed by atoms with Gasteiger partial charge in [-0.25, -0.2) is 0 Å². The van der Waals surface area contributed by atoms with Gasteiger partial charge in [0.25, 0.3) is 0 Å². The third-order valence-corrected chi connectivity index (χ3v) is 2.58. The fourth-order valence-electron chi connectivity index (χ4n) is 1.56. The average Bonchev–Trinajstić information content (AvgIpc) is 2.12. The van der Waals surface area contributed by atoms with E-state index in [0.717, 1.165) is 6.42 Å². The molecule has 0 aliphatic rings. The molecule has 0 aliphatic carbocycles. The number of benzene rings is 1. The number of rotatable bonds is 3. The highest BCUT2D eigenvalue weighted by Crippen LogP contribution is 2.14. The second-order valence-electron chi connectivity index (χ2n) is 3.71. The molecule has 0 bridgehead atoms. The predicted octanol–water partition coefficient (Wildman–Crippen LogP) is 4.34. The first kappa shape index (κ1) is 11.3. The summed E-state index contributed by atoms with van der Waals surface area (Å²) in [5, 5.41) is 0. The monoisotopic (exact) mass is 208 g/mol. The number of halogens is 1. The molecule has 0 radical (unpaired) electrons. The van der Waals surface area contributed by atoms with Crippen LogP contribution in [0, 0.1) is 13.8 Å². The lowest BCUT2D eigenvalue weighted by molar-refractivity contribution is 1.12. The zero-order chi connectivity index (χ0) is 10.6. The normalized spacial score (nSPS) is 11.9. The summed E-state index contributed by atoms with van der Waals surface area (Å²) < 4.78 is 0. The second kappa shape index (κ2) is 5.21. The summed E-state index contributed by atoms with van der Waals surface area (Å²) in [6, 6.07) is 6.56. The minimum absolute atomic E-state index is 0.628. The van der Waals surface area contributed by atoms with Crippen LogP contribution in [0.25, 0.3) is 6.08 Å². The molecule has 0 spiro atoms. The van der Waals surface area contributed by atoms with E-state index in [1.165, 1.54) is 22.3 Å². The summed E-state index contributed by atoms with van der Waals surface area (Å²) in [6.45, 7) is 6.38. The van der Waals surface area contributed by atoms with Gasteiger partial charge in [0, 0.05) is 5.88 Å². The highest BCUT2D eigenvalue weighted by molar-refractivity contribution is 6.19. The molecule has 0 aliphatic heterocycles. The van der Waals surface area contributed by atoms with E-state index in [0.29, 0.717) is 5.88 Å². The lowest BCUT2D eigenvalue weighted by atomic mass is 10.0. The van der Waals surface area contributed by atoms with Crippen molar-refractivity contribution in [3.05, 3.63) is 40.5 Å². The lowest BCUT2D eigenvalue weighted by Crippen LogP contribution is -1.85. The molecule has 14 heavy (non-hydrogen) atoms. The number of hydrogen-bond acceptors (Lipinski definition) is 0. The maximum atomic E-state index is 5.83. The van der Waals surface area contributed by atoms with Crippen LogP contribution in [0.1, 0.15) is 30.0 Å². The third-order valence-electron chi connectivity index (χ3n) is 2.24. The first-order valence-electron chi connectivity index (χ1n) is 4.99. The standard InChI is InChI=1S/C13H17Cl/c1-4-12(9-14)8-13-6-10(2)5-11(3)7-13/h5-8H,4,9H2,1-3H3/b12-8-. The molecule has 0 saturated heterocycles. The molecule has 1 aromatic carbocycles. The Hall–Kier alpha value is -0.750.